The highest BCUT2D eigenvalue weighted by Crippen LogP contribution is 2.26. The summed E-state index contributed by atoms with van der Waals surface area (Å²) >= 11 is 0. The number of aromatic nitrogens is 3. The van der Waals surface area contributed by atoms with Gasteiger partial charge in [0.05, 0.1) is 12.2 Å². The van der Waals surface area contributed by atoms with Crippen molar-refractivity contribution in [2.24, 2.45) is 0 Å². The van der Waals surface area contributed by atoms with Crippen LogP contribution in [0, 0.1) is 0 Å². The molecule has 0 radical (unpaired) electrons. The molecular weight excluding hydrogens is 406 g/mol. The van der Waals surface area contributed by atoms with E-state index in [0.29, 0.717) is 43.2 Å². The molecule has 1 fully saturated rings. The SMILES string of the molecule is CCOc1ccccc1C(=O)N1CCCC1C(=O)Nc1ccn(CCc2ccncc2)n1. The van der Waals surface area contributed by atoms with Gasteiger partial charge in [-0.3, -0.25) is 19.3 Å². The van der Waals surface area contributed by atoms with Crippen LogP contribution in [0.25, 0.3) is 0 Å². The Morgan fingerprint density at radius 3 is 2.78 bits per heavy atom. The fourth-order valence-electron chi connectivity index (χ4n) is 3.92. The standard InChI is InChI=1S/C24H27N5O3/c1-2-32-21-8-4-3-6-19(21)24(31)29-15-5-7-20(29)23(30)26-22-12-17-28(27-22)16-11-18-9-13-25-14-10-18/h3-4,6,8-10,12-14,17,20H,2,5,7,11,15-16H2,1H3,(H,26,27,30). The van der Waals surface area contributed by atoms with Gasteiger partial charge in [0.1, 0.15) is 11.8 Å². The average molecular weight is 434 g/mol. The normalized spacial score (nSPS) is 15.5. The molecule has 3 heterocycles. The molecule has 3 aromatic rings. The van der Waals surface area contributed by atoms with E-state index in [1.54, 1.807) is 46.2 Å². The van der Waals surface area contributed by atoms with Gasteiger partial charge in [0.2, 0.25) is 5.91 Å². The zero-order chi connectivity index (χ0) is 22.3. The topological polar surface area (TPSA) is 89.4 Å². The molecule has 1 saturated heterocycles. The summed E-state index contributed by atoms with van der Waals surface area (Å²) in [5.41, 5.74) is 1.66. The lowest BCUT2D eigenvalue weighted by molar-refractivity contribution is -0.119. The average Bonchev–Trinajstić information content (AvgIpc) is 3.48. The number of benzene rings is 1. The minimum absolute atomic E-state index is 0.186. The number of para-hydroxylation sites is 1. The van der Waals surface area contributed by atoms with E-state index in [0.717, 1.165) is 12.8 Å². The van der Waals surface area contributed by atoms with Gasteiger partial charge in [0, 0.05) is 37.7 Å². The molecule has 8 heteroatoms. The van der Waals surface area contributed by atoms with Gasteiger partial charge >= 0.3 is 0 Å². The first-order chi connectivity index (χ1) is 15.7. The van der Waals surface area contributed by atoms with E-state index in [9.17, 15) is 9.59 Å². The number of ether oxygens (including phenoxy) is 1. The van der Waals surface area contributed by atoms with E-state index in [1.165, 1.54) is 5.56 Å². The molecule has 166 valence electrons. The van der Waals surface area contributed by atoms with Crippen molar-refractivity contribution in [3.63, 3.8) is 0 Å². The van der Waals surface area contributed by atoms with Crippen LogP contribution in [0.15, 0.2) is 61.1 Å². The summed E-state index contributed by atoms with van der Waals surface area (Å²) in [6.07, 6.45) is 7.60. The molecule has 1 aliphatic rings. The number of nitrogens with zero attached hydrogens (tertiary/aromatic N) is 4. The molecule has 1 aliphatic heterocycles. The Hall–Kier alpha value is -3.68. The highest BCUT2D eigenvalue weighted by Gasteiger charge is 2.35. The molecule has 8 nitrogen and oxygen atoms in total. The van der Waals surface area contributed by atoms with Crippen molar-refractivity contribution in [3.05, 3.63) is 72.2 Å². The van der Waals surface area contributed by atoms with Crippen molar-refractivity contribution >= 4 is 17.6 Å². The third-order valence-electron chi connectivity index (χ3n) is 5.50. The number of carbonyl (C=O) groups excluding carboxylic acids is 2. The highest BCUT2D eigenvalue weighted by atomic mass is 16.5. The quantitative estimate of drug-likeness (QED) is 0.589. The first-order valence-electron chi connectivity index (χ1n) is 10.9. The van der Waals surface area contributed by atoms with Crippen LogP contribution in [-0.4, -0.2) is 50.7 Å². The summed E-state index contributed by atoms with van der Waals surface area (Å²) in [4.78, 5) is 31.8. The van der Waals surface area contributed by atoms with Crippen molar-refractivity contribution in [2.75, 3.05) is 18.5 Å². The molecule has 1 unspecified atom stereocenters. The van der Waals surface area contributed by atoms with Gasteiger partial charge < -0.3 is 15.0 Å². The van der Waals surface area contributed by atoms with E-state index < -0.39 is 6.04 Å². The molecule has 1 aromatic carbocycles. The van der Waals surface area contributed by atoms with Gasteiger partial charge in [-0.05, 0) is 56.0 Å². The van der Waals surface area contributed by atoms with Crippen LogP contribution in [0.3, 0.4) is 0 Å². The molecule has 0 saturated carbocycles. The Balaban J connectivity index is 1.39. The predicted octanol–water partition coefficient (Wildman–Crippen LogP) is 3.16. The first-order valence-corrected chi connectivity index (χ1v) is 10.9. The maximum Gasteiger partial charge on any atom is 0.258 e. The van der Waals surface area contributed by atoms with Crippen molar-refractivity contribution < 1.29 is 14.3 Å². The molecule has 1 N–H and O–H groups in total. The van der Waals surface area contributed by atoms with E-state index in [4.69, 9.17) is 4.74 Å². The van der Waals surface area contributed by atoms with Crippen LogP contribution in [0.5, 0.6) is 5.75 Å². The molecular formula is C24H27N5O3. The zero-order valence-corrected chi connectivity index (χ0v) is 18.1. The monoisotopic (exact) mass is 433 g/mol. The third kappa shape index (κ3) is 4.96. The lowest BCUT2D eigenvalue weighted by atomic mass is 10.1. The van der Waals surface area contributed by atoms with Gasteiger partial charge in [-0.15, -0.1) is 0 Å². The van der Waals surface area contributed by atoms with Gasteiger partial charge in [-0.1, -0.05) is 12.1 Å². The maximum absolute atomic E-state index is 13.2. The van der Waals surface area contributed by atoms with E-state index in [1.807, 2.05) is 31.3 Å². The molecule has 0 bridgehead atoms. The van der Waals surface area contributed by atoms with E-state index in [2.05, 4.69) is 15.4 Å². The first kappa shape index (κ1) is 21.5. The predicted molar refractivity (Wildman–Crippen MR) is 120 cm³/mol. The summed E-state index contributed by atoms with van der Waals surface area (Å²) in [5, 5.41) is 7.32. The van der Waals surface area contributed by atoms with Crippen molar-refractivity contribution in [1.29, 1.82) is 0 Å². The number of pyridine rings is 1. The molecule has 0 spiro atoms. The van der Waals surface area contributed by atoms with Gasteiger partial charge in [0.15, 0.2) is 5.82 Å². The second-order valence-corrected chi connectivity index (χ2v) is 7.64. The molecule has 4 rings (SSSR count). The zero-order valence-electron chi connectivity index (χ0n) is 18.1. The van der Waals surface area contributed by atoms with Crippen LogP contribution in [0.1, 0.15) is 35.7 Å². The number of amides is 2. The molecule has 1 atom stereocenters. The number of hydrogen-bond acceptors (Lipinski definition) is 5. The largest absolute Gasteiger partial charge is 0.493 e. The number of hydrogen-bond donors (Lipinski definition) is 1. The lowest BCUT2D eigenvalue weighted by Crippen LogP contribution is -2.43. The minimum Gasteiger partial charge on any atom is -0.493 e. The summed E-state index contributed by atoms with van der Waals surface area (Å²) in [7, 11) is 0. The Morgan fingerprint density at radius 1 is 1.16 bits per heavy atom. The number of aryl methyl sites for hydroxylation is 2. The fourth-order valence-corrected chi connectivity index (χ4v) is 3.92. The summed E-state index contributed by atoms with van der Waals surface area (Å²) in [6.45, 7) is 3.58. The second-order valence-electron chi connectivity index (χ2n) is 7.64. The smallest absolute Gasteiger partial charge is 0.258 e. The Morgan fingerprint density at radius 2 is 1.97 bits per heavy atom. The molecule has 0 aliphatic carbocycles. The fraction of sp³-hybridized carbons (Fsp3) is 0.333. The third-order valence-corrected chi connectivity index (χ3v) is 5.50. The number of anilines is 1. The number of likely N-dealkylation sites (tertiary alicyclic amines) is 1. The maximum atomic E-state index is 13.2. The van der Waals surface area contributed by atoms with Crippen LogP contribution in [0.4, 0.5) is 5.82 Å². The van der Waals surface area contributed by atoms with Crippen LogP contribution in [0.2, 0.25) is 0 Å². The van der Waals surface area contributed by atoms with Gasteiger partial charge in [-0.2, -0.15) is 5.10 Å². The Bertz CT molecular complexity index is 1070. The van der Waals surface area contributed by atoms with Gasteiger partial charge in [-0.25, -0.2) is 0 Å². The molecule has 2 aromatic heterocycles. The van der Waals surface area contributed by atoms with Crippen molar-refractivity contribution in [2.45, 2.75) is 38.8 Å². The molecule has 2 amide bonds. The second kappa shape index (κ2) is 10.1. The Labute approximate surface area is 187 Å². The van der Waals surface area contributed by atoms with Crippen LogP contribution in [-0.2, 0) is 17.8 Å². The van der Waals surface area contributed by atoms with Crippen LogP contribution >= 0.6 is 0 Å². The van der Waals surface area contributed by atoms with E-state index >= 15 is 0 Å². The highest BCUT2D eigenvalue weighted by molar-refractivity contribution is 6.02. The number of nitrogens with one attached hydrogen (secondary N) is 1. The van der Waals surface area contributed by atoms with Crippen molar-refractivity contribution in [3.8, 4) is 5.75 Å². The van der Waals surface area contributed by atoms with Crippen LogP contribution < -0.4 is 10.1 Å². The van der Waals surface area contributed by atoms with E-state index in [-0.39, 0.29) is 11.8 Å². The van der Waals surface area contributed by atoms with Gasteiger partial charge in [0.25, 0.3) is 5.91 Å². The summed E-state index contributed by atoms with van der Waals surface area (Å²) in [6, 6.07) is 12.4. The minimum atomic E-state index is -0.529. The Kier molecular flexibility index (Phi) is 6.79. The lowest BCUT2D eigenvalue weighted by Gasteiger charge is -2.24. The summed E-state index contributed by atoms with van der Waals surface area (Å²) in [5.74, 6) is 0.622. The van der Waals surface area contributed by atoms with Crippen molar-refractivity contribution in [1.82, 2.24) is 19.7 Å². The number of carbonyl (C=O) groups is 2. The summed E-state index contributed by atoms with van der Waals surface area (Å²) < 4.78 is 7.40. The molecule has 32 heavy (non-hydrogen) atoms. The number of rotatable bonds is 8.